The third-order valence-corrected chi connectivity index (χ3v) is 9.97. The maximum absolute atomic E-state index is 12.7. The van der Waals surface area contributed by atoms with Gasteiger partial charge in [-0.25, -0.2) is 25.3 Å². The summed E-state index contributed by atoms with van der Waals surface area (Å²) in [6.07, 6.45) is 0.00570. The summed E-state index contributed by atoms with van der Waals surface area (Å²) in [6, 6.07) is 11.1. The summed E-state index contributed by atoms with van der Waals surface area (Å²) in [5, 5.41) is -1.06. The minimum absolute atomic E-state index is 0.00570. The lowest BCUT2D eigenvalue weighted by molar-refractivity contribution is 0.415. The number of nitrogens with one attached hydrogen (secondary N) is 1. The molecule has 0 saturated carbocycles. The zero-order valence-electron chi connectivity index (χ0n) is 14.9. The summed E-state index contributed by atoms with van der Waals surface area (Å²) in [5.41, 5.74) is 0.288. The first-order valence-corrected chi connectivity index (χ1v) is 13.1. The highest BCUT2D eigenvalue weighted by Crippen LogP contribution is 2.27. The van der Waals surface area contributed by atoms with Crippen LogP contribution in [0.5, 0.6) is 5.75 Å². The molecule has 3 rings (SSSR count). The fraction of sp³-hybridized carbons (Fsp3) is 0.294. The van der Waals surface area contributed by atoms with Gasteiger partial charge < -0.3 is 4.74 Å². The van der Waals surface area contributed by atoms with Gasteiger partial charge in [-0.1, -0.05) is 6.07 Å². The number of hydrogen-bond acceptors (Lipinski definition) is 7. The molecular weight excluding hydrogens is 426 g/mol. The van der Waals surface area contributed by atoms with Gasteiger partial charge in [0, 0.05) is 5.69 Å². The van der Waals surface area contributed by atoms with Crippen molar-refractivity contribution in [3.8, 4) is 5.75 Å². The van der Waals surface area contributed by atoms with E-state index in [1.54, 1.807) is 12.1 Å². The molecular formula is C17H19NO7S3. The highest BCUT2D eigenvalue weighted by Gasteiger charge is 2.38. The number of ether oxygens (including phenoxy) is 1. The lowest BCUT2D eigenvalue weighted by atomic mass is 10.3. The molecule has 8 nitrogen and oxygen atoms in total. The summed E-state index contributed by atoms with van der Waals surface area (Å²) in [4.78, 5) is -0.447. The van der Waals surface area contributed by atoms with Crippen molar-refractivity contribution in [1.82, 2.24) is 0 Å². The van der Waals surface area contributed by atoms with Crippen molar-refractivity contribution >= 4 is 35.4 Å². The SMILES string of the molecule is COc1ccc(NS(=O)(=O)c2cccc(S(=O)(=O)C3CCS(=O)(=O)C3)c2)cc1. The number of sulfonamides is 1. The molecule has 0 aromatic heterocycles. The van der Waals surface area contributed by atoms with Gasteiger partial charge in [-0.2, -0.15) is 0 Å². The summed E-state index contributed by atoms with van der Waals surface area (Å²) in [7, 11) is -9.90. The molecule has 1 atom stereocenters. The molecule has 11 heteroatoms. The van der Waals surface area contributed by atoms with E-state index in [1.165, 1.54) is 37.4 Å². The van der Waals surface area contributed by atoms with E-state index in [1.807, 2.05) is 0 Å². The van der Waals surface area contributed by atoms with E-state index in [9.17, 15) is 25.3 Å². The molecule has 1 aliphatic heterocycles. The Balaban J connectivity index is 1.89. The topological polar surface area (TPSA) is 124 Å². The highest BCUT2D eigenvalue weighted by atomic mass is 32.2. The third-order valence-electron chi connectivity index (χ3n) is 4.42. The van der Waals surface area contributed by atoms with Crippen molar-refractivity contribution in [2.45, 2.75) is 21.5 Å². The molecule has 1 fully saturated rings. The molecule has 1 aliphatic rings. The molecule has 0 spiro atoms. The quantitative estimate of drug-likeness (QED) is 0.714. The Hall–Kier alpha value is -2.11. The molecule has 1 unspecified atom stereocenters. The van der Waals surface area contributed by atoms with E-state index in [0.717, 1.165) is 6.07 Å². The Morgan fingerprint density at radius 2 is 1.64 bits per heavy atom. The van der Waals surface area contributed by atoms with Crippen molar-refractivity contribution in [3.63, 3.8) is 0 Å². The predicted octanol–water partition coefficient (Wildman–Crippen LogP) is 1.46. The molecule has 2 aromatic carbocycles. The molecule has 0 amide bonds. The highest BCUT2D eigenvalue weighted by molar-refractivity contribution is 7.96. The molecule has 1 saturated heterocycles. The Kier molecular flexibility index (Phi) is 5.43. The van der Waals surface area contributed by atoms with Gasteiger partial charge in [0.15, 0.2) is 19.7 Å². The third kappa shape index (κ3) is 4.31. The van der Waals surface area contributed by atoms with Crippen molar-refractivity contribution in [2.75, 3.05) is 23.3 Å². The summed E-state index contributed by atoms with van der Waals surface area (Å²) in [5.74, 6) is -0.0767. The van der Waals surface area contributed by atoms with Gasteiger partial charge in [0.25, 0.3) is 10.0 Å². The molecule has 1 heterocycles. The molecule has 1 N–H and O–H groups in total. The van der Waals surface area contributed by atoms with E-state index in [0.29, 0.717) is 5.75 Å². The average molecular weight is 446 g/mol. The first-order valence-electron chi connectivity index (χ1n) is 8.25. The van der Waals surface area contributed by atoms with E-state index in [4.69, 9.17) is 4.74 Å². The van der Waals surface area contributed by atoms with Crippen LogP contribution in [0.4, 0.5) is 5.69 Å². The number of benzene rings is 2. The van der Waals surface area contributed by atoms with Crippen LogP contribution < -0.4 is 9.46 Å². The zero-order valence-corrected chi connectivity index (χ0v) is 17.3. The summed E-state index contributed by atoms with van der Waals surface area (Å²) in [6.45, 7) is 0. The Bertz CT molecular complexity index is 1190. The van der Waals surface area contributed by atoms with Crippen molar-refractivity contribution in [3.05, 3.63) is 48.5 Å². The standard InChI is InChI=1S/C17H19NO7S3/c1-25-14-7-5-13(6-8-14)18-28(23,24)16-4-2-3-15(11-16)27(21,22)17-9-10-26(19,20)12-17/h2-8,11,17-18H,9-10,12H2,1H3. The van der Waals surface area contributed by atoms with Crippen molar-refractivity contribution in [2.24, 2.45) is 0 Å². The fourth-order valence-electron chi connectivity index (χ4n) is 2.89. The second kappa shape index (κ2) is 7.37. The number of hydrogen-bond donors (Lipinski definition) is 1. The largest absolute Gasteiger partial charge is 0.497 e. The predicted molar refractivity (Wildman–Crippen MR) is 104 cm³/mol. The van der Waals surface area contributed by atoms with E-state index < -0.39 is 40.7 Å². The van der Waals surface area contributed by atoms with Crippen LogP contribution in [-0.2, 0) is 29.7 Å². The van der Waals surface area contributed by atoms with Crippen LogP contribution >= 0.6 is 0 Å². The first kappa shape index (κ1) is 20.6. The van der Waals surface area contributed by atoms with Crippen LogP contribution in [0.25, 0.3) is 0 Å². The van der Waals surface area contributed by atoms with Crippen LogP contribution in [0.1, 0.15) is 6.42 Å². The van der Waals surface area contributed by atoms with Gasteiger partial charge in [-0.3, -0.25) is 4.72 Å². The maximum Gasteiger partial charge on any atom is 0.261 e. The normalized spacial score (nSPS) is 19.2. The minimum atomic E-state index is -4.04. The van der Waals surface area contributed by atoms with Crippen LogP contribution in [0, 0.1) is 0 Å². The number of rotatable bonds is 6. The lowest BCUT2D eigenvalue weighted by Gasteiger charge is -2.13. The Labute approximate surface area is 164 Å². The molecule has 152 valence electrons. The van der Waals surface area contributed by atoms with E-state index in [-0.39, 0.29) is 27.7 Å². The molecule has 0 bridgehead atoms. The van der Waals surface area contributed by atoms with Gasteiger partial charge in [0.05, 0.1) is 33.7 Å². The van der Waals surface area contributed by atoms with E-state index in [2.05, 4.69) is 4.72 Å². The monoisotopic (exact) mass is 445 g/mol. The summed E-state index contributed by atoms with van der Waals surface area (Å²) < 4.78 is 81.3. The molecule has 2 aromatic rings. The average Bonchev–Trinajstić information content (AvgIpc) is 3.03. The molecule has 28 heavy (non-hydrogen) atoms. The van der Waals surface area contributed by atoms with Crippen LogP contribution in [0.3, 0.4) is 0 Å². The van der Waals surface area contributed by atoms with Crippen LogP contribution in [-0.4, -0.2) is 49.1 Å². The van der Waals surface area contributed by atoms with Crippen molar-refractivity contribution in [1.29, 1.82) is 0 Å². The second-order valence-electron chi connectivity index (χ2n) is 6.38. The number of sulfone groups is 2. The summed E-state index contributed by atoms with van der Waals surface area (Å²) >= 11 is 0. The van der Waals surface area contributed by atoms with Gasteiger partial charge in [0.2, 0.25) is 0 Å². The van der Waals surface area contributed by atoms with Crippen LogP contribution in [0.2, 0.25) is 0 Å². The van der Waals surface area contributed by atoms with Crippen LogP contribution in [0.15, 0.2) is 58.3 Å². The smallest absolute Gasteiger partial charge is 0.261 e. The van der Waals surface area contributed by atoms with Gasteiger partial charge in [0.1, 0.15) is 5.75 Å². The second-order valence-corrected chi connectivity index (χ2v) is 12.5. The number of anilines is 1. The first-order chi connectivity index (χ1) is 13.0. The lowest BCUT2D eigenvalue weighted by Crippen LogP contribution is -2.23. The minimum Gasteiger partial charge on any atom is -0.497 e. The molecule has 0 radical (unpaired) electrons. The molecule has 0 aliphatic carbocycles. The zero-order chi connectivity index (χ0) is 20.6. The van der Waals surface area contributed by atoms with E-state index >= 15 is 0 Å². The van der Waals surface area contributed by atoms with Gasteiger partial charge in [-0.05, 0) is 48.9 Å². The van der Waals surface area contributed by atoms with Crippen molar-refractivity contribution < 1.29 is 30.0 Å². The Morgan fingerprint density at radius 3 is 2.21 bits per heavy atom. The van der Waals surface area contributed by atoms with Gasteiger partial charge >= 0.3 is 0 Å². The maximum atomic E-state index is 12.7. The fourth-order valence-corrected chi connectivity index (χ4v) is 8.47. The number of methoxy groups -OCH3 is 1. The Morgan fingerprint density at radius 1 is 1.00 bits per heavy atom. The van der Waals surface area contributed by atoms with Gasteiger partial charge in [-0.15, -0.1) is 0 Å².